The number of hydrogen-bond acceptors (Lipinski definition) is 5. The number of thioether (sulfide) groups is 1. The number of aryl methyl sites for hydroxylation is 1. The number of fused-ring (bicyclic) bond motifs is 3. The third kappa shape index (κ3) is 3.78. The number of nitrogens with zero attached hydrogens (tertiary/aromatic N) is 1. The molecule has 0 saturated carbocycles. The van der Waals surface area contributed by atoms with Crippen molar-refractivity contribution < 1.29 is 4.74 Å². The predicted molar refractivity (Wildman–Crippen MR) is 114 cm³/mol. The van der Waals surface area contributed by atoms with Crippen LogP contribution in [0.1, 0.15) is 47.3 Å². The Morgan fingerprint density at radius 3 is 3.11 bits per heavy atom. The van der Waals surface area contributed by atoms with Gasteiger partial charge in [-0.15, -0.1) is 23.1 Å². The number of hydrogen-bond donors (Lipinski definition) is 1. The minimum Gasteiger partial charge on any atom is -0.497 e. The molecule has 4 rings (SSSR count). The molecular formula is C21H24N2O2S2. The normalized spacial score (nSPS) is 17.7. The molecule has 0 spiro atoms. The number of rotatable bonds is 5. The molecule has 0 fully saturated rings. The summed E-state index contributed by atoms with van der Waals surface area (Å²) in [5.74, 6) is 3.18. The second kappa shape index (κ2) is 7.68. The fourth-order valence-electron chi connectivity index (χ4n) is 3.62. The summed E-state index contributed by atoms with van der Waals surface area (Å²) in [6.45, 7) is 4.39. The molecule has 1 aromatic carbocycles. The molecule has 1 aliphatic carbocycles. The Morgan fingerprint density at radius 2 is 2.30 bits per heavy atom. The van der Waals surface area contributed by atoms with E-state index < -0.39 is 0 Å². The van der Waals surface area contributed by atoms with Crippen molar-refractivity contribution >= 4 is 33.3 Å². The first kappa shape index (κ1) is 18.6. The van der Waals surface area contributed by atoms with E-state index in [4.69, 9.17) is 9.72 Å². The highest BCUT2D eigenvalue weighted by molar-refractivity contribution is 7.98. The number of aromatic amines is 1. The number of benzene rings is 1. The first-order chi connectivity index (χ1) is 13.0. The number of thiophene rings is 1. The average Bonchev–Trinajstić information content (AvgIpc) is 3.04. The lowest BCUT2D eigenvalue weighted by molar-refractivity contribution is 0.414. The lowest BCUT2D eigenvalue weighted by Crippen LogP contribution is -2.15. The summed E-state index contributed by atoms with van der Waals surface area (Å²) in [5.41, 5.74) is 2.47. The maximum atomic E-state index is 12.8. The lowest BCUT2D eigenvalue weighted by Gasteiger charge is -2.17. The summed E-state index contributed by atoms with van der Waals surface area (Å²) < 4.78 is 5.29. The van der Waals surface area contributed by atoms with Crippen molar-refractivity contribution in [3.63, 3.8) is 0 Å². The van der Waals surface area contributed by atoms with E-state index in [9.17, 15) is 4.79 Å². The van der Waals surface area contributed by atoms with Gasteiger partial charge in [0.15, 0.2) is 0 Å². The van der Waals surface area contributed by atoms with Crippen LogP contribution in [0.3, 0.4) is 0 Å². The largest absolute Gasteiger partial charge is 0.497 e. The van der Waals surface area contributed by atoms with Crippen LogP contribution in [0.25, 0.3) is 10.2 Å². The zero-order valence-corrected chi connectivity index (χ0v) is 17.5. The number of aromatic nitrogens is 2. The van der Waals surface area contributed by atoms with E-state index in [0.717, 1.165) is 46.8 Å². The van der Waals surface area contributed by atoms with Gasteiger partial charge >= 0.3 is 0 Å². The monoisotopic (exact) mass is 400 g/mol. The van der Waals surface area contributed by atoms with Gasteiger partial charge < -0.3 is 9.72 Å². The Balaban J connectivity index is 1.57. The van der Waals surface area contributed by atoms with Crippen LogP contribution in [-0.4, -0.2) is 17.1 Å². The highest BCUT2D eigenvalue weighted by Gasteiger charge is 2.23. The Morgan fingerprint density at radius 1 is 1.44 bits per heavy atom. The summed E-state index contributed by atoms with van der Waals surface area (Å²) in [6, 6.07) is 8.09. The van der Waals surface area contributed by atoms with Gasteiger partial charge in [-0.1, -0.05) is 19.1 Å². The van der Waals surface area contributed by atoms with Gasteiger partial charge in [0.2, 0.25) is 0 Å². The Labute approximate surface area is 167 Å². The van der Waals surface area contributed by atoms with Crippen LogP contribution in [0.2, 0.25) is 0 Å². The number of nitrogens with one attached hydrogen (secondary N) is 1. The lowest BCUT2D eigenvalue weighted by atomic mass is 9.89. The van der Waals surface area contributed by atoms with Crippen LogP contribution in [0, 0.1) is 5.92 Å². The van der Waals surface area contributed by atoms with E-state index in [1.807, 2.05) is 18.2 Å². The molecule has 1 aliphatic rings. The Hall–Kier alpha value is -1.79. The third-order valence-electron chi connectivity index (χ3n) is 5.20. The van der Waals surface area contributed by atoms with Crippen molar-refractivity contribution in [1.29, 1.82) is 0 Å². The SMILES string of the molecule is COc1cccc(CS[C@H](C)c2nc3sc4c(c3c(=O)[nH]2)CC[C@H](C)C4)c1. The second-order valence-electron chi connectivity index (χ2n) is 7.29. The van der Waals surface area contributed by atoms with E-state index >= 15 is 0 Å². The predicted octanol–water partition coefficient (Wildman–Crippen LogP) is 5.11. The summed E-state index contributed by atoms with van der Waals surface area (Å²) in [7, 11) is 1.68. The smallest absolute Gasteiger partial charge is 0.259 e. The van der Waals surface area contributed by atoms with E-state index in [1.165, 1.54) is 16.0 Å². The van der Waals surface area contributed by atoms with Gasteiger partial charge in [0.25, 0.3) is 5.56 Å². The molecule has 0 unspecified atom stereocenters. The molecule has 0 amide bonds. The molecule has 2 atom stereocenters. The van der Waals surface area contributed by atoms with Crippen molar-refractivity contribution in [2.24, 2.45) is 5.92 Å². The zero-order valence-electron chi connectivity index (χ0n) is 15.9. The highest BCUT2D eigenvalue weighted by atomic mass is 32.2. The van der Waals surface area contributed by atoms with Gasteiger partial charge in [0, 0.05) is 10.6 Å². The topological polar surface area (TPSA) is 55.0 Å². The van der Waals surface area contributed by atoms with Crippen LogP contribution in [-0.2, 0) is 18.6 Å². The highest BCUT2D eigenvalue weighted by Crippen LogP contribution is 2.37. The Bertz CT molecular complexity index is 1020. The molecule has 0 saturated heterocycles. The number of methoxy groups -OCH3 is 1. The van der Waals surface area contributed by atoms with Gasteiger partial charge in [-0.2, -0.15) is 0 Å². The summed E-state index contributed by atoms with van der Waals surface area (Å²) in [5, 5.41) is 0.946. The molecule has 0 aliphatic heterocycles. The average molecular weight is 401 g/mol. The van der Waals surface area contributed by atoms with Crippen LogP contribution in [0.5, 0.6) is 5.75 Å². The first-order valence-electron chi connectivity index (χ1n) is 9.34. The van der Waals surface area contributed by atoms with Crippen molar-refractivity contribution in [3.8, 4) is 5.75 Å². The van der Waals surface area contributed by atoms with E-state index in [0.29, 0.717) is 5.92 Å². The maximum Gasteiger partial charge on any atom is 0.259 e. The molecule has 3 aromatic rings. The minimum atomic E-state index is 0.0240. The molecule has 1 N–H and O–H groups in total. The molecule has 2 heterocycles. The molecule has 0 radical (unpaired) electrons. The van der Waals surface area contributed by atoms with Crippen molar-refractivity contribution in [1.82, 2.24) is 9.97 Å². The third-order valence-corrected chi connectivity index (χ3v) is 7.57. The fraction of sp³-hybridized carbons (Fsp3) is 0.429. The van der Waals surface area contributed by atoms with Crippen molar-refractivity contribution in [2.75, 3.05) is 7.11 Å². The van der Waals surface area contributed by atoms with E-state index in [1.54, 1.807) is 30.2 Å². The number of ether oxygens (including phenoxy) is 1. The second-order valence-corrected chi connectivity index (χ2v) is 9.70. The summed E-state index contributed by atoms with van der Waals surface area (Å²) in [4.78, 5) is 22.9. The Kier molecular flexibility index (Phi) is 5.28. The van der Waals surface area contributed by atoms with Gasteiger partial charge in [-0.3, -0.25) is 4.79 Å². The molecule has 2 aromatic heterocycles. The standard InChI is InChI=1S/C21H24N2O2S2/c1-12-7-8-16-17(9-12)27-21-18(16)20(24)22-19(23-21)13(2)26-11-14-5-4-6-15(10-14)25-3/h4-6,10,12-13H,7-9,11H2,1-3H3,(H,22,23,24)/t12-,13+/m0/s1. The molecule has 6 heteroatoms. The van der Waals surface area contributed by atoms with Crippen molar-refractivity contribution in [2.45, 2.75) is 44.1 Å². The fourth-order valence-corrected chi connectivity index (χ4v) is 5.90. The summed E-state index contributed by atoms with van der Waals surface area (Å²) >= 11 is 3.48. The number of H-pyrrole nitrogens is 1. The van der Waals surface area contributed by atoms with Gasteiger partial charge in [0.1, 0.15) is 16.4 Å². The molecule has 4 nitrogen and oxygen atoms in total. The summed E-state index contributed by atoms with van der Waals surface area (Å²) in [6.07, 6.45) is 3.23. The van der Waals surface area contributed by atoms with Crippen LogP contribution in [0.15, 0.2) is 29.1 Å². The van der Waals surface area contributed by atoms with Crippen LogP contribution < -0.4 is 10.3 Å². The molecule has 142 valence electrons. The van der Waals surface area contributed by atoms with E-state index in [-0.39, 0.29) is 10.8 Å². The van der Waals surface area contributed by atoms with Gasteiger partial charge in [0.05, 0.1) is 17.7 Å². The molecule has 0 bridgehead atoms. The minimum absolute atomic E-state index is 0.0240. The van der Waals surface area contributed by atoms with Crippen LogP contribution >= 0.6 is 23.1 Å². The van der Waals surface area contributed by atoms with Gasteiger partial charge in [-0.05, 0) is 55.4 Å². The molecular weight excluding hydrogens is 376 g/mol. The first-order valence-corrected chi connectivity index (χ1v) is 11.2. The quantitative estimate of drug-likeness (QED) is 0.646. The zero-order chi connectivity index (χ0) is 19.0. The van der Waals surface area contributed by atoms with Gasteiger partial charge in [-0.25, -0.2) is 4.98 Å². The van der Waals surface area contributed by atoms with E-state index in [2.05, 4.69) is 24.9 Å². The van der Waals surface area contributed by atoms with Crippen molar-refractivity contribution in [3.05, 3.63) is 56.4 Å². The van der Waals surface area contributed by atoms with Crippen LogP contribution in [0.4, 0.5) is 0 Å². The molecule has 27 heavy (non-hydrogen) atoms. The maximum absolute atomic E-state index is 12.8.